The van der Waals surface area contributed by atoms with Gasteiger partial charge in [0.15, 0.2) is 0 Å². The number of aryl methyl sites for hydroxylation is 1. The summed E-state index contributed by atoms with van der Waals surface area (Å²) in [4.78, 5) is 4.17. The summed E-state index contributed by atoms with van der Waals surface area (Å²) in [6.45, 7) is 2.40. The Morgan fingerprint density at radius 1 is 1.15 bits per heavy atom. The first-order valence-electron chi connectivity index (χ1n) is 6.21. The van der Waals surface area contributed by atoms with E-state index in [9.17, 15) is 8.42 Å². The number of nitrogens with one attached hydrogen (secondary N) is 1. The first kappa shape index (κ1) is 14.6. The van der Waals surface area contributed by atoms with Crippen LogP contribution in [0.5, 0.6) is 0 Å². The molecule has 0 radical (unpaired) electrons. The molecule has 20 heavy (non-hydrogen) atoms. The van der Waals surface area contributed by atoms with E-state index in [2.05, 4.69) is 9.71 Å². The molecule has 1 heterocycles. The van der Waals surface area contributed by atoms with Crippen molar-refractivity contribution >= 4 is 10.0 Å². The van der Waals surface area contributed by atoms with E-state index in [0.717, 1.165) is 11.1 Å². The molecular weight excluding hydrogens is 274 g/mol. The van der Waals surface area contributed by atoms with Gasteiger partial charge in [0.25, 0.3) is 0 Å². The van der Waals surface area contributed by atoms with Gasteiger partial charge in [-0.3, -0.25) is 4.98 Å². The third-order valence-corrected chi connectivity index (χ3v) is 4.54. The molecule has 0 fully saturated rings. The van der Waals surface area contributed by atoms with Crippen LogP contribution in [0.25, 0.3) is 0 Å². The van der Waals surface area contributed by atoms with Gasteiger partial charge in [-0.2, -0.15) is 0 Å². The van der Waals surface area contributed by atoms with E-state index < -0.39 is 10.0 Å². The number of aromatic nitrogens is 1. The molecule has 6 heteroatoms. The minimum atomic E-state index is -3.53. The molecule has 0 aliphatic rings. The van der Waals surface area contributed by atoms with Crippen molar-refractivity contribution in [2.24, 2.45) is 5.73 Å². The monoisotopic (exact) mass is 291 g/mol. The van der Waals surface area contributed by atoms with Crippen molar-refractivity contribution in [3.8, 4) is 0 Å². The summed E-state index contributed by atoms with van der Waals surface area (Å²) in [7, 11) is -3.53. The van der Waals surface area contributed by atoms with E-state index in [4.69, 9.17) is 5.73 Å². The molecule has 0 aliphatic carbocycles. The predicted octanol–water partition coefficient (Wildman–Crippen LogP) is 1.33. The second kappa shape index (κ2) is 6.13. The first-order valence-corrected chi connectivity index (χ1v) is 7.69. The highest BCUT2D eigenvalue weighted by molar-refractivity contribution is 7.89. The van der Waals surface area contributed by atoms with E-state index in [1.54, 1.807) is 49.6 Å². The summed E-state index contributed by atoms with van der Waals surface area (Å²) < 4.78 is 27.1. The van der Waals surface area contributed by atoms with Crippen LogP contribution < -0.4 is 10.5 Å². The maximum absolute atomic E-state index is 12.3. The fourth-order valence-corrected chi connectivity index (χ4v) is 3.14. The van der Waals surface area contributed by atoms with E-state index >= 15 is 0 Å². The Labute approximate surface area is 118 Å². The highest BCUT2D eigenvalue weighted by Gasteiger charge is 2.16. The van der Waals surface area contributed by atoms with Gasteiger partial charge in [0.05, 0.1) is 4.90 Å². The van der Waals surface area contributed by atoms with E-state index in [1.807, 2.05) is 0 Å². The number of nitrogens with two attached hydrogens (primary N) is 1. The van der Waals surface area contributed by atoms with Crippen molar-refractivity contribution in [1.82, 2.24) is 9.71 Å². The summed E-state index contributed by atoms with van der Waals surface area (Å²) in [5.41, 5.74) is 8.01. The maximum atomic E-state index is 12.3. The van der Waals surface area contributed by atoms with Crippen LogP contribution in [0, 0.1) is 6.92 Å². The maximum Gasteiger partial charge on any atom is 0.241 e. The van der Waals surface area contributed by atoms with Crippen LogP contribution >= 0.6 is 0 Å². The molecule has 106 valence electrons. The standard InChI is InChI=1S/C14H17N3O2S/c1-11-8-13(9-15)2-3-14(11)20(18,19)17-10-12-4-6-16-7-5-12/h2-8,17H,9-10,15H2,1H3. The van der Waals surface area contributed by atoms with Crippen molar-refractivity contribution in [3.63, 3.8) is 0 Å². The van der Waals surface area contributed by atoms with Crippen molar-refractivity contribution in [1.29, 1.82) is 0 Å². The molecule has 2 aromatic rings. The Hall–Kier alpha value is -1.76. The molecule has 0 saturated heterocycles. The molecule has 0 spiro atoms. The Balaban J connectivity index is 2.18. The fourth-order valence-electron chi connectivity index (χ4n) is 1.90. The average Bonchev–Trinajstić information content (AvgIpc) is 2.46. The summed E-state index contributed by atoms with van der Waals surface area (Å²) in [5.74, 6) is 0. The Kier molecular flexibility index (Phi) is 4.49. The second-order valence-corrected chi connectivity index (χ2v) is 6.22. The molecule has 3 N–H and O–H groups in total. The molecule has 0 unspecified atom stereocenters. The Morgan fingerprint density at radius 2 is 1.85 bits per heavy atom. The van der Waals surface area contributed by atoms with Crippen LogP contribution in [0.4, 0.5) is 0 Å². The Morgan fingerprint density at radius 3 is 2.45 bits per heavy atom. The molecule has 1 aromatic heterocycles. The lowest BCUT2D eigenvalue weighted by Crippen LogP contribution is -2.24. The minimum Gasteiger partial charge on any atom is -0.326 e. The lowest BCUT2D eigenvalue weighted by Gasteiger charge is -2.10. The lowest BCUT2D eigenvalue weighted by molar-refractivity contribution is 0.580. The number of hydrogen-bond acceptors (Lipinski definition) is 4. The zero-order valence-corrected chi connectivity index (χ0v) is 12.0. The predicted molar refractivity (Wildman–Crippen MR) is 77.3 cm³/mol. The van der Waals surface area contributed by atoms with Gasteiger partial charge in [-0.1, -0.05) is 12.1 Å². The molecule has 0 aliphatic heterocycles. The number of rotatable bonds is 5. The molecule has 0 amide bonds. The molecule has 5 nitrogen and oxygen atoms in total. The molecule has 1 aromatic carbocycles. The van der Waals surface area contributed by atoms with E-state index in [0.29, 0.717) is 12.1 Å². The Bertz CT molecular complexity index is 685. The highest BCUT2D eigenvalue weighted by Crippen LogP contribution is 2.16. The fraction of sp³-hybridized carbons (Fsp3) is 0.214. The van der Waals surface area contributed by atoms with Crippen LogP contribution in [0.15, 0.2) is 47.6 Å². The zero-order chi connectivity index (χ0) is 14.6. The third-order valence-electron chi connectivity index (χ3n) is 2.98. The summed E-state index contributed by atoms with van der Waals surface area (Å²) in [6, 6.07) is 8.65. The zero-order valence-electron chi connectivity index (χ0n) is 11.2. The van der Waals surface area contributed by atoms with Gasteiger partial charge in [0.2, 0.25) is 10.0 Å². The highest BCUT2D eigenvalue weighted by atomic mass is 32.2. The quantitative estimate of drug-likeness (QED) is 0.870. The van der Waals surface area contributed by atoms with Crippen LogP contribution in [0.1, 0.15) is 16.7 Å². The molecule has 0 bridgehead atoms. The van der Waals surface area contributed by atoms with Gasteiger partial charge in [-0.05, 0) is 41.8 Å². The average molecular weight is 291 g/mol. The number of hydrogen-bond donors (Lipinski definition) is 2. The van der Waals surface area contributed by atoms with Crippen molar-refractivity contribution in [3.05, 3.63) is 59.4 Å². The topological polar surface area (TPSA) is 85.1 Å². The largest absolute Gasteiger partial charge is 0.326 e. The van der Waals surface area contributed by atoms with Crippen molar-refractivity contribution < 1.29 is 8.42 Å². The molecule has 0 saturated carbocycles. The van der Waals surface area contributed by atoms with Gasteiger partial charge in [-0.25, -0.2) is 13.1 Å². The smallest absolute Gasteiger partial charge is 0.241 e. The van der Waals surface area contributed by atoms with Crippen LogP contribution in [-0.2, 0) is 23.1 Å². The van der Waals surface area contributed by atoms with Crippen LogP contribution in [0.2, 0.25) is 0 Å². The molecule has 2 rings (SSSR count). The second-order valence-electron chi connectivity index (χ2n) is 4.48. The van der Waals surface area contributed by atoms with Gasteiger partial charge in [0.1, 0.15) is 0 Å². The van der Waals surface area contributed by atoms with E-state index in [1.165, 1.54) is 0 Å². The first-order chi connectivity index (χ1) is 9.53. The van der Waals surface area contributed by atoms with Gasteiger partial charge >= 0.3 is 0 Å². The van der Waals surface area contributed by atoms with Gasteiger partial charge < -0.3 is 5.73 Å². The normalized spacial score (nSPS) is 11.5. The summed E-state index contributed by atoms with van der Waals surface area (Å²) in [5, 5.41) is 0. The summed E-state index contributed by atoms with van der Waals surface area (Å²) in [6.07, 6.45) is 3.26. The van der Waals surface area contributed by atoms with Crippen LogP contribution in [-0.4, -0.2) is 13.4 Å². The number of sulfonamides is 1. The SMILES string of the molecule is Cc1cc(CN)ccc1S(=O)(=O)NCc1ccncc1. The van der Waals surface area contributed by atoms with Gasteiger partial charge in [-0.15, -0.1) is 0 Å². The number of nitrogens with zero attached hydrogens (tertiary/aromatic N) is 1. The number of pyridine rings is 1. The molecule has 0 atom stereocenters. The number of benzene rings is 1. The van der Waals surface area contributed by atoms with Gasteiger partial charge in [0, 0.05) is 25.5 Å². The summed E-state index contributed by atoms with van der Waals surface area (Å²) >= 11 is 0. The molecular formula is C14H17N3O2S. The minimum absolute atomic E-state index is 0.239. The van der Waals surface area contributed by atoms with E-state index in [-0.39, 0.29) is 11.4 Å². The lowest BCUT2D eigenvalue weighted by atomic mass is 10.1. The van der Waals surface area contributed by atoms with Crippen molar-refractivity contribution in [2.75, 3.05) is 0 Å². The van der Waals surface area contributed by atoms with Crippen LogP contribution in [0.3, 0.4) is 0 Å². The third kappa shape index (κ3) is 3.41. The van der Waals surface area contributed by atoms with Crippen molar-refractivity contribution in [2.45, 2.75) is 24.9 Å².